The van der Waals surface area contributed by atoms with E-state index in [1.165, 1.54) is 11.8 Å². The number of carbonyl (C=O) groups excluding carboxylic acids is 1. The molecule has 0 unspecified atom stereocenters. The first kappa shape index (κ1) is 16.0. The number of carbonyl (C=O) groups is 1. The van der Waals surface area contributed by atoms with Crippen molar-refractivity contribution in [2.75, 3.05) is 0 Å². The number of nitrogens with one attached hydrogen (secondary N) is 1. The molecule has 1 aliphatic rings. The first-order valence-corrected chi connectivity index (χ1v) is 8.24. The Bertz CT molecular complexity index is 902. The van der Waals surface area contributed by atoms with Gasteiger partial charge in [0, 0.05) is 0 Å². The van der Waals surface area contributed by atoms with Gasteiger partial charge in [-0.3, -0.25) is 4.79 Å². The van der Waals surface area contributed by atoms with E-state index >= 15 is 0 Å². The highest BCUT2D eigenvalue weighted by molar-refractivity contribution is 8.18. The fourth-order valence-electron chi connectivity index (χ4n) is 2.41. The molecule has 2 aromatic rings. The van der Waals surface area contributed by atoms with E-state index in [-0.39, 0.29) is 5.91 Å². The minimum Gasteiger partial charge on any atom is -0.300 e. The normalized spacial score (nSPS) is 17.1. The predicted octanol–water partition coefficient (Wildman–Crippen LogP) is 4.07. The van der Waals surface area contributed by atoms with Crippen molar-refractivity contribution in [3.8, 4) is 6.07 Å². The number of rotatable bonds is 2. The lowest BCUT2D eigenvalue weighted by Crippen LogP contribution is -2.19. The Morgan fingerprint density at radius 1 is 1.17 bits per heavy atom. The van der Waals surface area contributed by atoms with Crippen LogP contribution in [-0.4, -0.2) is 11.1 Å². The molecule has 0 radical (unpaired) electrons. The summed E-state index contributed by atoms with van der Waals surface area (Å²) in [5.41, 5.74) is 4.40. The molecule has 0 bridgehead atoms. The average molecular weight is 333 g/mol. The first-order chi connectivity index (χ1) is 11.6. The summed E-state index contributed by atoms with van der Waals surface area (Å²) >= 11 is 1.31. The van der Waals surface area contributed by atoms with Gasteiger partial charge in [-0.15, -0.1) is 0 Å². The SMILES string of the molecule is Cc1cccc(C)c1N=C1NC(=O)/C(=C\c2cccc(C#N)c2)S1. The van der Waals surface area contributed by atoms with E-state index in [9.17, 15) is 4.79 Å². The van der Waals surface area contributed by atoms with Crippen molar-refractivity contribution in [2.24, 2.45) is 4.99 Å². The van der Waals surface area contributed by atoms with E-state index in [1.54, 1.807) is 24.3 Å². The van der Waals surface area contributed by atoms with Gasteiger partial charge in [0.25, 0.3) is 5.91 Å². The molecule has 3 rings (SSSR count). The fourth-order valence-corrected chi connectivity index (χ4v) is 3.24. The maximum atomic E-state index is 12.2. The summed E-state index contributed by atoms with van der Waals surface area (Å²) in [5, 5.41) is 12.3. The lowest BCUT2D eigenvalue weighted by atomic mass is 10.1. The molecule has 0 spiro atoms. The molecule has 118 valence electrons. The van der Waals surface area contributed by atoms with Gasteiger partial charge in [-0.2, -0.15) is 5.26 Å². The van der Waals surface area contributed by atoms with Crippen LogP contribution in [0.1, 0.15) is 22.3 Å². The quantitative estimate of drug-likeness (QED) is 0.843. The number of amides is 1. The number of para-hydroxylation sites is 1. The second kappa shape index (κ2) is 6.73. The summed E-state index contributed by atoms with van der Waals surface area (Å²) in [6.45, 7) is 4.00. The third-order valence-electron chi connectivity index (χ3n) is 3.62. The molecule has 0 saturated carbocycles. The molecular formula is C19H15N3OS. The molecule has 2 aromatic carbocycles. The Kier molecular flexibility index (Phi) is 4.50. The molecular weight excluding hydrogens is 318 g/mol. The maximum Gasteiger partial charge on any atom is 0.264 e. The van der Waals surface area contributed by atoms with Gasteiger partial charge in [0.1, 0.15) is 0 Å². The van der Waals surface area contributed by atoms with Gasteiger partial charge in [0.05, 0.1) is 22.2 Å². The third kappa shape index (κ3) is 3.39. The molecule has 5 heteroatoms. The summed E-state index contributed by atoms with van der Waals surface area (Å²) in [4.78, 5) is 17.3. The van der Waals surface area contributed by atoms with Gasteiger partial charge in [0.15, 0.2) is 5.17 Å². The second-order valence-corrected chi connectivity index (χ2v) is 6.49. The van der Waals surface area contributed by atoms with Crippen molar-refractivity contribution < 1.29 is 4.79 Å². The Balaban J connectivity index is 1.90. The standard InChI is InChI=1S/C19H15N3OS/c1-12-5-3-6-13(2)17(12)21-19-22-18(23)16(24-19)10-14-7-4-8-15(9-14)11-20/h3-10H,1-2H3,(H,21,22,23)/b16-10+. The summed E-state index contributed by atoms with van der Waals surface area (Å²) in [6, 6.07) is 15.2. The number of nitriles is 1. The van der Waals surface area contributed by atoms with Crippen LogP contribution in [0.15, 0.2) is 52.4 Å². The molecule has 0 aliphatic carbocycles. The topological polar surface area (TPSA) is 65.2 Å². The minimum atomic E-state index is -0.174. The van der Waals surface area contributed by atoms with Gasteiger partial charge < -0.3 is 5.32 Å². The average Bonchev–Trinajstić information content (AvgIpc) is 2.91. The van der Waals surface area contributed by atoms with Gasteiger partial charge in [-0.25, -0.2) is 4.99 Å². The summed E-state index contributed by atoms with van der Waals surface area (Å²) in [5.74, 6) is -0.174. The fraction of sp³-hybridized carbons (Fsp3) is 0.105. The van der Waals surface area contributed by atoms with Crippen molar-refractivity contribution >= 4 is 34.6 Å². The summed E-state index contributed by atoms with van der Waals surface area (Å²) in [6.07, 6.45) is 1.77. The van der Waals surface area contributed by atoms with E-state index in [4.69, 9.17) is 5.26 Å². The molecule has 0 atom stereocenters. The number of aryl methyl sites for hydroxylation is 2. The number of amidine groups is 1. The van der Waals surface area contributed by atoms with Crippen LogP contribution < -0.4 is 5.32 Å². The van der Waals surface area contributed by atoms with Crippen LogP contribution >= 0.6 is 11.8 Å². The number of nitrogens with zero attached hydrogens (tertiary/aromatic N) is 2. The van der Waals surface area contributed by atoms with Crippen LogP contribution in [-0.2, 0) is 4.79 Å². The molecule has 1 N–H and O–H groups in total. The van der Waals surface area contributed by atoms with Crippen molar-refractivity contribution in [2.45, 2.75) is 13.8 Å². The molecule has 1 amide bonds. The third-order valence-corrected chi connectivity index (χ3v) is 4.53. The Morgan fingerprint density at radius 3 is 2.58 bits per heavy atom. The van der Waals surface area contributed by atoms with Crippen molar-refractivity contribution in [3.63, 3.8) is 0 Å². The highest BCUT2D eigenvalue weighted by atomic mass is 32.2. The lowest BCUT2D eigenvalue weighted by molar-refractivity contribution is -0.115. The first-order valence-electron chi connectivity index (χ1n) is 7.43. The molecule has 1 heterocycles. The van der Waals surface area contributed by atoms with Crippen LogP contribution in [0.25, 0.3) is 6.08 Å². The highest BCUT2D eigenvalue weighted by Crippen LogP contribution is 2.30. The van der Waals surface area contributed by atoms with Crippen molar-refractivity contribution in [3.05, 3.63) is 69.6 Å². The zero-order valence-corrected chi connectivity index (χ0v) is 14.1. The van der Waals surface area contributed by atoms with Gasteiger partial charge >= 0.3 is 0 Å². The molecule has 1 aliphatic heterocycles. The number of thioether (sulfide) groups is 1. The van der Waals surface area contributed by atoms with E-state index in [1.807, 2.05) is 38.1 Å². The largest absolute Gasteiger partial charge is 0.300 e. The lowest BCUT2D eigenvalue weighted by Gasteiger charge is -2.04. The van der Waals surface area contributed by atoms with Crippen LogP contribution in [0, 0.1) is 25.2 Å². The number of aliphatic imine (C=N–C) groups is 1. The van der Waals surface area contributed by atoms with Crippen LogP contribution in [0.5, 0.6) is 0 Å². The second-order valence-electron chi connectivity index (χ2n) is 5.46. The monoisotopic (exact) mass is 333 g/mol. The zero-order chi connectivity index (χ0) is 17.1. The van der Waals surface area contributed by atoms with E-state index in [0.29, 0.717) is 15.6 Å². The summed E-state index contributed by atoms with van der Waals surface area (Å²) < 4.78 is 0. The highest BCUT2D eigenvalue weighted by Gasteiger charge is 2.24. The zero-order valence-electron chi connectivity index (χ0n) is 13.3. The van der Waals surface area contributed by atoms with Crippen molar-refractivity contribution in [1.29, 1.82) is 5.26 Å². The van der Waals surface area contributed by atoms with Crippen LogP contribution in [0.4, 0.5) is 5.69 Å². The number of benzene rings is 2. The molecule has 0 aromatic heterocycles. The molecule has 4 nitrogen and oxygen atoms in total. The molecule has 24 heavy (non-hydrogen) atoms. The van der Waals surface area contributed by atoms with Crippen LogP contribution in [0.3, 0.4) is 0 Å². The van der Waals surface area contributed by atoms with Crippen molar-refractivity contribution in [1.82, 2.24) is 5.32 Å². The smallest absolute Gasteiger partial charge is 0.264 e. The predicted molar refractivity (Wildman–Crippen MR) is 97.9 cm³/mol. The van der Waals surface area contributed by atoms with E-state index in [2.05, 4.69) is 16.4 Å². The van der Waals surface area contributed by atoms with Gasteiger partial charge in [0.2, 0.25) is 0 Å². The molecule has 1 saturated heterocycles. The Morgan fingerprint density at radius 2 is 1.88 bits per heavy atom. The maximum absolute atomic E-state index is 12.2. The Hall–Kier alpha value is -2.84. The van der Waals surface area contributed by atoms with Gasteiger partial charge in [-0.05, 0) is 60.5 Å². The van der Waals surface area contributed by atoms with E-state index in [0.717, 1.165) is 22.4 Å². The van der Waals surface area contributed by atoms with Gasteiger partial charge in [-0.1, -0.05) is 30.3 Å². The van der Waals surface area contributed by atoms with E-state index < -0.39 is 0 Å². The molecule has 1 fully saturated rings. The number of hydrogen-bond donors (Lipinski definition) is 1. The summed E-state index contributed by atoms with van der Waals surface area (Å²) in [7, 11) is 0. The minimum absolute atomic E-state index is 0.174. The number of hydrogen-bond acceptors (Lipinski definition) is 4. The van der Waals surface area contributed by atoms with Crippen LogP contribution in [0.2, 0.25) is 0 Å². The Labute approximate surface area is 144 Å².